The maximum absolute atomic E-state index is 12.4. The SMILES string of the molecule is O=c1[nH]c(-c2cncnc2)nc2c1CN(Cc1cncs1)CC2. The van der Waals surface area contributed by atoms with Crippen molar-refractivity contribution in [1.29, 1.82) is 0 Å². The van der Waals surface area contributed by atoms with E-state index < -0.39 is 0 Å². The van der Waals surface area contributed by atoms with Crippen molar-refractivity contribution in [2.75, 3.05) is 6.54 Å². The van der Waals surface area contributed by atoms with E-state index in [1.807, 2.05) is 11.7 Å². The van der Waals surface area contributed by atoms with Crippen LogP contribution in [-0.2, 0) is 19.5 Å². The van der Waals surface area contributed by atoms with Crippen molar-refractivity contribution >= 4 is 11.3 Å². The van der Waals surface area contributed by atoms with Crippen LogP contribution in [-0.4, -0.2) is 36.4 Å². The highest BCUT2D eigenvalue weighted by molar-refractivity contribution is 7.09. The summed E-state index contributed by atoms with van der Waals surface area (Å²) in [7, 11) is 0. The van der Waals surface area contributed by atoms with Crippen LogP contribution in [0.5, 0.6) is 0 Å². The molecule has 3 aromatic rings. The van der Waals surface area contributed by atoms with E-state index in [9.17, 15) is 4.79 Å². The van der Waals surface area contributed by atoms with Gasteiger partial charge in [0, 0.05) is 49.5 Å². The molecule has 0 atom stereocenters. The molecule has 1 aliphatic heterocycles. The molecular formula is C15H14N6OS. The Bertz CT molecular complexity index is 861. The number of nitrogens with one attached hydrogen (secondary N) is 1. The normalized spacial score (nSPS) is 14.6. The lowest BCUT2D eigenvalue weighted by Gasteiger charge is -2.27. The van der Waals surface area contributed by atoms with Gasteiger partial charge in [-0.2, -0.15) is 0 Å². The zero-order valence-electron chi connectivity index (χ0n) is 12.3. The Morgan fingerprint density at radius 1 is 1.22 bits per heavy atom. The molecule has 0 amide bonds. The van der Waals surface area contributed by atoms with E-state index >= 15 is 0 Å². The van der Waals surface area contributed by atoms with Crippen molar-refractivity contribution in [2.45, 2.75) is 19.5 Å². The van der Waals surface area contributed by atoms with Crippen LogP contribution in [0.1, 0.15) is 16.1 Å². The van der Waals surface area contributed by atoms with Crippen LogP contribution in [0, 0.1) is 0 Å². The summed E-state index contributed by atoms with van der Waals surface area (Å²) >= 11 is 1.63. The van der Waals surface area contributed by atoms with Gasteiger partial charge in [-0.15, -0.1) is 11.3 Å². The molecule has 0 saturated heterocycles. The lowest BCUT2D eigenvalue weighted by atomic mass is 10.1. The van der Waals surface area contributed by atoms with Crippen molar-refractivity contribution in [3.8, 4) is 11.4 Å². The predicted octanol–water partition coefficient (Wildman–Crippen LogP) is 1.24. The molecule has 1 N–H and O–H groups in total. The van der Waals surface area contributed by atoms with Gasteiger partial charge in [0.25, 0.3) is 5.56 Å². The topological polar surface area (TPSA) is 87.7 Å². The molecule has 0 unspecified atom stereocenters. The summed E-state index contributed by atoms with van der Waals surface area (Å²) in [5.74, 6) is 0.533. The Hall–Kier alpha value is -2.45. The molecule has 23 heavy (non-hydrogen) atoms. The first kappa shape index (κ1) is 14.2. The van der Waals surface area contributed by atoms with E-state index in [1.54, 1.807) is 23.7 Å². The molecule has 4 heterocycles. The summed E-state index contributed by atoms with van der Waals surface area (Å²) in [6.45, 7) is 2.31. The van der Waals surface area contributed by atoms with Crippen LogP contribution in [0.3, 0.4) is 0 Å². The first-order valence-corrected chi connectivity index (χ1v) is 8.15. The third kappa shape index (κ3) is 2.90. The molecule has 1 aliphatic rings. The zero-order valence-corrected chi connectivity index (χ0v) is 13.1. The molecule has 0 spiro atoms. The smallest absolute Gasteiger partial charge is 0.255 e. The number of rotatable bonds is 3. The molecule has 4 rings (SSSR count). The van der Waals surface area contributed by atoms with Crippen molar-refractivity contribution in [1.82, 2.24) is 29.8 Å². The maximum Gasteiger partial charge on any atom is 0.255 e. The minimum absolute atomic E-state index is 0.0807. The van der Waals surface area contributed by atoms with Crippen molar-refractivity contribution in [3.63, 3.8) is 0 Å². The number of H-pyrrole nitrogens is 1. The lowest BCUT2D eigenvalue weighted by Crippen LogP contribution is -2.35. The van der Waals surface area contributed by atoms with Crippen LogP contribution < -0.4 is 5.56 Å². The van der Waals surface area contributed by atoms with Crippen LogP contribution >= 0.6 is 11.3 Å². The molecule has 0 saturated carbocycles. The monoisotopic (exact) mass is 326 g/mol. The quantitative estimate of drug-likeness (QED) is 0.779. The Balaban J connectivity index is 1.62. The second kappa shape index (κ2) is 5.98. The van der Waals surface area contributed by atoms with E-state index in [1.165, 1.54) is 11.2 Å². The number of hydrogen-bond donors (Lipinski definition) is 1. The van der Waals surface area contributed by atoms with E-state index in [4.69, 9.17) is 0 Å². The minimum atomic E-state index is -0.0807. The van der Waals surface area contributed by atoms with Crippen LogP contribution in [0.4, 0.5) is 0 Å². The largest absolute Gasteiger partial charge is 0.306 e. The standard InChI is InChI=1S/C15H14N6OS/c22-15-12-7-21(6-11-5-18-9-23-11)2-1-13(12)19-14(20-15)10-3-16-8-17-4-10/h3-5,8-9H,1-2,6-7H2,(H,19,20,22). The van der Waals surface area contributed by atoms with Gasteiger partial charge in [0.1, 0.15) is 12.2 Å². The highest BCUT2D eigenvalue weighted by atomic mass is 32.1. The van der Waals surface area contributed by atoms with Gasteiger partial charge >= 0.3 is 0 Å². The Morgan fingerprint density at radius 2 is 2.09 bits per heavy atom. The number of aromatic nitrogens is 5. The highest BCUT2D eigenvalue weighted by Crippen LogP contribution is 2.20. The number of fused-ring (bicyclic) bond motifs is 1. The summed E-state index contributed by atoms with van der Waals surface area (Å²) in [5.41, 5.74) is 4.09. The zero-order chi connectivity index (χ0) is 15.6. The third-order valence-corrected chi connectivity index (χ3v) is 4.61. The Morgan fingerprint density at radius 3 is 2.87 bits per heavy atom. The summed E-state index contributed by atoms with van der Waals surface area (Å²) in [6, 6.07) is 0. The first-order valence-electron chi connectivity index (χ1n) is 7.27. The van der Waals surface area contributed by atoms with E-state index in [0.717, 1.165) is 36.3 Å². The van der Waals surface area contributed by atoms with Gasteiger partial charge in [0.2, 0.25) is 0 Å². The maximum atomic E-state index is 12.4. The second-order valence-electron chi connectivity index (χ2n) is 5.40. The Kier molecular flexibility index (Phi) is 3.68. The van der Waals surface area contributed by atoms with Gasteiger partial charge in [0.15, 0.2) is 0 Å². The molecule has 0 radical (unpaired) electrons. The molecule has 0 fully saturated rings. The van der Waals surface area contributed by atoms with E-state index in [0.29, 0.717) is 12.4 Å². The van der Waals surface area contributed by atoms with Crippen LogP contribution in [0.15, 0.2) is 35.2 Å². The summed E-state index contributed by atoms with van der Waals surface area (Å²) in [4.78, 5) is 35.4. The van der Waals surface area contributed by atoms with Gasteiger partial charge < -0.3 is 4.98 Å². The van der Waals surface area contributed by atoms with E-state index in [-0.39, 0.29) is 5.56 Å². The molecule has 0 bridgehead atoms. The predicted molar refractivity (Wildman–Crippen MR) is 85.8 cm³/mol. The molecule has 0 aromatic carbocycles. The molecule has 7 nitrogen and oxygen atoms in total. The van der Waals surface area contributed by atoms with Gasteiger partial charge in [-0.3, -0.25) is 14.7 Å². The third-order valence-electron chi connectivity index (χ3n) is 3.84. The van der Waals surface area contributed by atoms with Gasteiger partial charge in [-0.25, -0.2) is 15.0 Å². The van der Waals surface area contributed by atoms with Gasteiger partial charge in [0.05, 0.1) is 22.3 Å². The van der Waals surface area contributed by atoms with Crippen LogP contribution in [0.25, 0.3) is 11.4 Å². The Labute approximate surface area is 136 Å². The lowest BCUT2D eigenvalue weighted by molar-refractivity contribution is 0.244. The number of thiazole rings is 1. The fourth-order valence-corrected chi connectivity index (χ4v) is 3.35. The van der Waals surface area contributed by atoms with Crippen LogP contribution in [0.2, 0.25) is 0 Å². The number of aromatic amines is 1. The first-order chi connectivity index (χ1) is 11.3. The average Bonchev–Trinajstić information content (AvgIpc) is 3.09. The number of nitrogens with zero attached hydrogens (tertiary/aromatic N) is 5. The average molecular weight is 326 g/mol. The summed E-state index contributed by atoms with van der Waals surface area (Å²) < 4.78 is 0. The van der Waals surface area contributed by atoms with E-state index in [2.05, 4.69) is 29.8 Å². The van der Waals surface area contributed by atoms with Crippen molar-refractivity contribution in [3.05, 3.63) is 56.9 Å². The molecule has 116 valence electrons. The second-order valence-corrected chi connectivity index (χ2v) is 6.37. The summed E-state index contributed by atoms with van der Waals surface area (Å²) in [6.07, 6.45) is 7.39. The molecule has 8 heteroatoms. The molecule has 0 aliphatic carbocycles. The molecular weight excluding hydrogens is 312 g/mol. The number of hydrogen-bond acceptors (Lipinski definition) is 7. The van der Waals surface area contributed by atoms with Crippen molar-refractivity contribution in [2.24, 2.45) is 0 Å². The fraction of sp³-hybridized carbons (Fsp3) is 0.267. The molecule has 3 aromatic heterocycles. The van der Waals surface area contributed by atoms with Crippen molar-refractivity contribution < 1.29 is 0 Å². The van der Waals surface area contributed by atoms with Gasteiger partial charge in [-0.05, 0) is 0 Å². The van der Waals surface area contributed by atoms with Gasteiger partial charge in [-0.1, -0.05) is 0 Å². The minimum Gasteiger partial charge on any atom is -0.306 e. The fourth-order valence-electron chi connectivity index (χ4n) is 2.71. The summed E-state index contributed by atoms with van der Waals surface area (Å²) in [5, 5.41) is 0. The highest BCUT2D eigenvalue weighted by Gasteiger charge is 2.21.